The monoisotopic (exact) mass is 333 g/mol. The van der Waals surface area contributed by atoms with Crippen molar-refractivity contribution < 1.29 is 24.9 Å². The van der Waals surface area contributed by atoms with Crippen LogP contribution in [0.15, 0.2) is 12.1 Å². The maximum atomic E-state index is 12.7. The number of ketones is 1. The number of carbonyl (C=O) groups excluding carboxylic acids is 1. The van der Waals surface area contributed by atoms with Gasteiger partial charge in [-0.15, -0.1) is 0 Å². The van der Waals surface area contributed by atoms with Crippen molar-refractivity contribution in [3.63, 3.8) is 0 Å². The summed E-state index contributed by atoms with van der Waals surface area (Å²) in [6.45, 7) is 1.98. The Morgan fingerprint density at radius 2 is 2.12 bits per heavy atom. The summed E-state index contributed by atoms with van der Waals surface area (Å²) in [7, 11) is 1.75. The van der Waals surface area contributed by atoms with E-state index in [4.69, 9.17) is 4.74 Å². The molecule has 5 atom stereocenters. The van der Waals surface area contributed by atoms with Gasteiger partial charge in [-0.25, -0.2) is 0 Å². The summed E-state index contributed by atoms with van der Waals surface area (Å²) >= 11 is 0. The number of aliphatic hydroxyl groups excluding tert-OH is 1. The Kier molecular flexibility index (Phi) is 3.27. The number of benzene rings is 1. The zero-order valence-electron chi connectivity index (χ0n) is 13.9. The predicted molar refractivity (Wildman–Crippen MR) is 86.2 cm³/mol. The minimum atomic E-state index is -1.53. The van der Waals surface area contributed by atoms with Gasteiger partial charge >= 0.3 is 0 Å². The number of ether oxygens (including phenoxy) is 1. The molecular weight excluding hydrogens is 310 g/mol. The molecule has 2 aliphatic carbocycles. The fraction of sp³-hybridized carbons (Fsp3) is 0.611. The Hall–Kier alpha value is -1.63. The minimum absolute atomic E-state index is 0.0221. The van der Waals surface area contributed by atoms with Gasteiger partial charge < -0.3 is 25.4 Å². The Morgan fingerprint density at radius 3 is 2.79 bits per heavy atom. The Bertz CT molecular complexity index is 720. The van der Waals surface area contributed by atoms with E-state index >= 15 is 0 Å². The molecular formula is C18H23NO5. The molecule has 130 valence electrons. The molecule has 0 spiro atoms. The lowest BCUT2D eigenvalue weighted by molar-refractivity contribution is -0.197. The first-order chi connectivity index (χ1) is 11.4. The summed E-state index contributed by atoms with van der Waals surface area (Å²) in [6, 6.07) is 3.00. The lowest BCUT2D eigenvalue weighted by Gasteiger charge is -2.58. The van der Waals surface area contributed by atoms with Gasteiger partial charge in [-0.05, 0) is 31.5 Å². The van der Waals surface area contributed by atoms with Crippen LogP contribution in [-0.4, -0.2) is 52.0 Å². The van der Waals surface area contributed by atoms with Crippen LogP contribution in [0.5, 0.6) is 11.5 Å². The van der Waals surface area contributed by atoms with Gasteiger partial charge in [0, 0.05) is 18.0 Å². The Balaban J connectivity index is 2.08. The van der Waals surface area contributed by atoms with Crippen molar-refractivity contribution in [1.82, 2.24) is 5.32 Å². The average molecular weight is 333 g/mol. The number of aliphatic hydroxyl groups is 2. The van der Waals surface area contributed by atoms with Gasteiger partial charge in [-0.1, -0.05) is 19.4 Å². The molecule has 1 heterocycles. The van der Waals surface area contributed by atoms with Crippen LogP contribution in [0.1, 0.15) is 37.3 Å². The van der Waals surface area contributed by atoms with Gasteiger partial charge in [0.05, 0.1) is 11.5 Å². The van der Waals surface area contributed by atoms with E-state index in [0.29, 0.717) is 30.6 Å². The number of rotatable bonds is 3. The summed E-state index contributed by atoms with van der Waals surface area (Å²) in [5.41, 5.74) is -0.908. The van der Waals surface area contributed by atoms with E-state index in [1.165, 1.54) is 0 Å². The molecule has 1 saturated carbocycles. The van der Waals surface area contributed by atoms with Crippen LogP contribution >= 0.6 is 0 Å². The van der Waals surface area contributed by atoms with Gasteiger partial charge in [-0.3, -0.25) is 4.79 Å². The molecule has 6 nitrogen and oxygen atoms in total. The molecule has 1 aliphatic heterocycles. The number of carbonyl (C=O) groups is 1. The van der Waals surface area contributed by atoms with E-state index < -0.39 is 29.3 Å². The molecule has 0 saturated heterocycles. The summed E-state index contributed by atoms with van der Waals surface area (Å²) in [6.07, 6.45) is -0.470. The number of aromatic hydroxyl groups is 1. The van der Waals surface area contributed by atoms with Gasteiger partial charge in [0.1, 0.15) is 5.60 Å². The van der Waals surface area contributed by atoms with Gasteiger partial charge in [0.2, 0.25) is 0 Å². The van der Waals surface area contributed by atoms with Crippen LogP contribution in [-0.2, 0) is 16.6 Å². The standard InChI is InChI=1S/C18H23NO5/c1-3-6-17-14-9-4-5-10(20)15(14)24-16(17)11(21)8-13(22)18(17,23)12(7-9)19-2/h4-5,12-13,16,19-20,22-23H,3,6-8H2,1-2H3/t12-,13?,16+,17+,18+/m1/s1. The molecule has 3 aliphatic rings. The molecule has 4 rings (SSSR count). The molecule has 0 radical (unpaired) electrons. The van der Waals surface area contributed by atoms with Gasteiger partial charge in [0.15, 0.2) is 23.4 Å². The highest BCUT2D eigenvalue weighted by Gasteiger charge is 2.73. The Morgan fingerprint density at radius 1 is 1.38 bits per heavy atom. The van der Waals surface area contributed by atoms with E-state index in [2.05, 4.69) is 5.32 Å². The topological polar surface area (TPSA) is 99.0 Å². The molecule has 1 aromatic rings. The SMILES string of the molecule is CCC[C@]12c3c4ccc(O)c3O[C@H]1C(=O)CC(O)[C@@]2(O)[C@H](NC)C4. The third-order valence-corrected chi connectivity index (χ3v) is 6.21. The fourth-order valence-corrected chi connectivity index (χ4v) is 5.33. The second-order valence-electron chi connectivity index (χ2n) is 7.22. The highest BCUT2D eigenvalue weighted by atomic mass is 16.5. The molecule has 1 aromatic carbocycles. The van der Waals surface area contributed by atoms with E-state index in [9.17, 15) is 20.1 Å². The zero-order valence-corrected chi connectivity index (χ0v) is 13.9. The van der Waals surface area contributed by atoms with Crippen molar-refractivity contribution in [2.24, 2.45) is 0 Å². The van der Waals surface area contributed by atoms with E-state index in [1.807, 2.05) is 13.0 Å². The van der Waals surface area contributed by atoms with E-state index in [-0.39, 0.29) is 18.0 Å². The van der Waals surface area contributed by atoms with Crippen LogP contribution < -0.4 is 10.1 Å². The first-order valence-corrected chi connectivity index (χ1v) is 8.54. The first kappa shape index (κ1) is 15.9. The van der Waals surface area contributed by atoms with Crippen LogP contribution in [0.3, 0.4) is 0 Å². The minimum Gasteiger partial charge on any atom is -0.504 e. The molecule has 24 heavy (non-hydrogen) atoms. The highest BCUT2D eigenvalue weighted by Crippen LogP contribution is 2.62. The van der Waals surface area contributed by atoms with Crippen molar-refractivity contribution >= 4 is 5.78 Å². The number of phenols is 1. The summed E-state index contributed by atoms with van der Waals surface area (Å²) in [5, 5.41) is 35.9. The van der Waals surface area contributed by atoms with Gasteiger partial charge in [-0.2, -0.15) is 0 Å². The first-order valence-electron chi connectivity index (χ1n) is 8.54. The smallest absolute Gasteiger partial charge is 0.177 e. The third-order valence-electron chi connectivity index (χ3n) is 6.21. The largest absolute Gasteiger partial charge is 0.504 e. The second-order valence-corrected chi connectivity index (χ2v) is 7.22. The lowest BCUT2D eigenvalue weighted by Crippen LogP contribution is -2.77. The maximum absolute atomic E-state index is 12.7. The predicted octanol–water partition coefficient (Wildman–Crippen LogP) is 0.400. The van der Waals surface area contributed by atoms with E-state index in [0.717, 1.165) is 5.56 Å². The normalized spacial score (nSPS) is 39.5. The molecule has 6 heteroatoms. The van der Waals surface area contributed by atoms with Crippen molar-refractivity contribution in [1.29, 1.82) is 0 Å². The number of Topliss-reactive ketones (excluding diaryl/α,β-unsaturated/α-hetero) is 1. The summed E-state index contributed by atoms with van der Waals surface area (Å²) in [5.74, 6) is 0.0477. The van der Waals surface area contributed by atoms with Crippen molar-refractivity contribution in [2.75, 3.05) is 7.05 Å². The molecule has 1 fully saturated rings. The van der Waals surface area contributed by atoms with Crippen molar-refractivity contribution in [3.8, 4) is 11.5 Å². The van der Waals surface area contributed by atoms with Crippen LogP contribution in [0.2, 0.25) is 0 Å². The zero-order chi connectivity index (χ0) is 17.3. The summed E-state index contributed by atoms with van der Waals surface area (Å²) < 4.78 is 5.91. The molecule has 0 aromatic heterocycles. The second kappa shape index (κ2) is 4.94. The molecule has 4 N–H and O–H groups in total. The third kappa shape index (κ3) is 1.54. The molecule has 0 bridgehead atoms. The quantitative estimate of drug-likeness (QED) is 0.639. The lowest BCUT2D eigenvalue weighted by atomic mass is 9.49. The number of hydrogen-bond donors (Lipinski definition) is 4. The van der Waals surface area contributed by atoms with Crippen LogP contribution in [0, 0.1) is 0 Å². The Labute approximate surface area is 140 Å². The number of likely N-dealkylation sites (N-methyl/N-ethyl adjacent to an activating group) is 1. The van der Waals surface area contributed by atoms with Crippen molar-refractivity contribution in [3.05, 3.63) is 23.3 Å². The highest BCUT2D eigenvalue weighted by molar-refractivity contribution is 5.90. The number of phenolic OH excluding ortho intramolecular Hbond substituents is 1. The molecule has 1 unspecified atom stereocenters. The average Bonchev–Trinajstić information content (AvgIpc) is 2.91. The van der Waals surface area contributed by atoms with Crippen molar-refractivity contribution in [2.45, 2.75) is 61.9 Å². The molecule has 0 amide bonds. The van der Waals surface area contributed by atoms with Crippen LogP contribution in [0.25, 0.3) is 0 Å². The summed E-state index contributed by atoms with van der Waals surface area (Å²) in [4.78, 5) is 12.7. The number of nitrogens with one attached hydrogen (secondary N) is 1. The maximum Gasteiger partial charge on any atom is 0.177 e. The van der Waals surface area contributed by atoms with E-state index in [1.54, 1.807) is 13.1 Å². The van der Waals surface area contributed by atoms with Gasteiger partial charge in [0.25, 0.3) is 0 Å². The number of hydrogen-bond acceptors (Lipinski definition) is 6. The van der Waals surface area contributed by atoms with Crippen LogP contribution in [0.4, 0.5) is 0 Å². The fourth-order valence-electron chi connectivity index (χ4n) is 5.33.